The first-order valence-electron chi connectivity index (χ1n) is 7.59. The summed E-state index contributed by atoms with van der Waals surface area (Å²) in [6.07, 6.45) is -0.469. The number of amides is 2. The standard InChI is InChI=1S/C16H22N2O6/c1-23-9-15(21)18-6-5-12(14(20)8-18)17-16(22)11-4-3-10(24-2)7-13(11)19/h3-4,7,12,14,19-20H,5-6,8-9H2,1-2H3,(H,17,22)/t12-,14-/m1/s1. The molecule has 0 aromatic heterocycles. The number of hydrogen-bond acceptors (Lipinski definition) is 6. The smallest absolute Gasteiger partial charge is 0.255 e. The van der Waals surface area contributed by atoms with E-state index < -0.39 is 18.1 Å². The maximum atomic E-state index is 12.3. The zero-order valence-electron chi connectivity index (χ0n) is 13.7. The maximum absolute atomic E-state index is 12.3. The van der Waals surface area contributed by atoms with Gasteiger partial charge in [0, 0.05) is 26.3 Å². The van der Waals surface area contributed by atoms with Crippen LogP contribution in [0.1, 0.15) is 16.8 Å². The fraction of sp³-hybridized carbons (Fsp3) is 0.500. The van der Waals surface area contributed by atoms with Crippen molar-refractivity contribution < 1.29 is 29.3 Å². The predicted molar refractivity (Wildman–Crippen MR) is 85.0 cm³/mol. The highest BCUT2D eigenvalue weighted by Gasteiger charge is 2.31. The summed E-state index contributed by atoms with van der Waals surface area (Å²) in [4.78, 5) is 25.5. The van der Waals surface area contributed by atoms with Gasteiger partial charge >= 0.3 is 0 Å². The molecule has 0 unspecified atom stereocenters. The molecule has 1 heterocycles. The lowest BCUT2D eigenvalue weighted by atomic mass is 10.0. The van der Waals surface area contributed by atoms with Gasteiger partial charge in [-0.2, -0.15) is 0 Å². The molecule has 1 fully saturated rings. The third-order valence-corrected chi connectivity index (χ3v) is 3.97. The van der Waals surface area contributed by atoms with Gasteiger partial charge in [0.05, 0.1) is 24.8 Å². The fourth-order valence-corrected chi connectivity index (χ4v) is 2.62. The molecular formula is C16H22N2O6. The summed E-state index contributed by atoms with van der Waals surface area (Å²) >= 11 is 0. The molecular weight excluding hydrogens is 316 g/mol. The normalized spacial score (nSPS) is 20.5. The van der Waals surface area contributed by atoms with Gasteiger partial charge in [0.2, 0.25) is 5.91 Å². The molecule has 2 rings (SSSR count). The Bertz CT molecular complexity index is 606. The van der Waals surface area contributed by atoms with E-state index in [0.29, 0.717) is 18.7 Å². The SMILES string of the molecule is COCC(=O)N1CC[C@@H](NC(=O)c2ccc(OC)cc2O)[C@H](O)C1. The number of aromatic hydroxyl groups is 1. The number of ether oxygens (including phenoxy) is 2. The van der Waals surface area contributed by atoms with Gasteiger partial charge in [-0.15, -0.1) is 0 Å². The van der Waals surface area contributed by atoms with E-state index in [9.17, 15) is 19.8 Å². The predicted octanol–water partition coefficient (Wildman–Crippen LogP) is -0.261. The molecule has 0 saturated carbocycles. The molecule has 1 aromatic carbocycles. The number of likely N-dealkylation sites (tertiary alicyclic amines) is 1. The third kappa shape index (κ3) is 4.15. The van der Waals surface area contributed by atoms with E-state index in [1.807, 2.05) is 0 Å². The quantitative estimate of drug-likeness (QED) is 0.683. The molecule has 8 nitrogen and oxygen atoms in total. The molecule has 0 radical (unpaired) electrons. The lowest BCUT2D eigenvalue weighted by molar-refractivity contribution is -0.138. The number of piperidine rings is 1. The number of phenols is 1. The van der Waals surface area contributed by atoms with Crippen LogP contribution in [0.4, 0.5) is 0 Å². The first kappa shape index (κ1) is 18.0. The molecule has 132 valence electrons. The van der Waals surface area contributed by atoms with Crippen molar-refractivity contribution in [3.63, 3.8) is 0 Å². The molecule has 1 aliphatic heterocycles. The van der Waals surface area contributed by atoms with Crippen molar-refractivity contribution in [3.8, 4) is 11.5 Å². The summed E-state index contributed by atoms with van der Waals surface area (Å²) in [7, 11) is 2.90. The molecule has 1 saturated heterocycles. The van der Waals surface area contributed by atoms with Crippen LogP contribution in [-0.2, 0) is 9.53 Å². The van der Waals surface area contributed by atoms with Gasteiger partial charge in [-0.05, 0) is 18.6 Å². The Labute approximate surface area is 140 Å². The Morgan fingerprint density at radius 2 is 2.12 bits per heavy atom. The summed E-state index contributed by atoms with van der Waals surface area (Å²) in [5.74, 6) is -0.451. The number of hydrogen-bond donors (Lipinski definition) is 3. The minimum atomic E-state index is -0.885. The van der Waals surface area contributed by atoms with Crippen LogP contribution in [-0.4, -0.2) is 73.0 Å². The van der Waals surface area contributed by atoms with Crippen LogP contribution in [0, 0.1) is 0 Å². The van der Waals surface area contributed by atoms with E-state index >= 15 is 0 Å². The number of carbonyl (C=O) groups excluding carboxylic acids is 2. The number of aliphatic hydroxyl groups excluding tert-OH is 1. The van der Waals surface area contributed by atoms with E-state index in [4.69, 9.17) is 9.47 Å². The van der Waals surface area contributed by atoms with E-state index in [2.05, 4.69) is 5.32 Å². The number of nitrogens with zero attached hydrogens (tertiary/aromatic N) is 1. The highest BCUT2D eigenvalue weighted by Crippen LogP contribution is 2.23. The largest absolute Gasteiger partial charge is 0.507 e. The van der Waals surface area contributed by atoms with Crippen LogP contribution in [0.2, 0.25) is 0 Å². The molecule has 24 heavy (non-hydrogen) atoms. The molecule has 8 heteroatoms. The fourth-order valence-electron chi connectivity index (χ4n) is 2.62. The molecule has 1 aromatic rings. The average Bonchev–Trinajstić information content (AvgIpc) is 2.56. The monoisotopic (exact) mass is 338 g/mol. The number of β-amino-alcohol motifs (C(OH)–C–C–N with tert-alkyl or cyclic N) is 1. The lowest BCUT2D eigenvalue weighted by Crippen LogP contribution is -2.55. The minimum Gasteiger partial charge on any atom is -0.507 e. The van der Waals surface area contributed by atoms with Gasteiger partial charge in [0.15, 0.2) is 0 Å². The highest BCUT2D eigenvalue weighted by atomic mass is 16.5. The van der Waals surface area contributed by atoms with Crippen molar-refractivity contribution >= 4 is 11.8 Å². The number of aliphatic hydroxyl groups is 1. The Hall–Kier alpha value is -2.32. The van der Waals surface area contributed by atoms with Crippen molar-refractivity contribution in [2.24, 2.45) is 0 Å². The Kier molecular flexibility index (Phi) is 5.99. The van der Waals surface area contributed by atoms with Crippen LogP contribution in [0.15, 0.2) is 18.2 Å². The van der Waals surface area contributed by atoms with Crippen molar-refractivity contribution in [1.29, 1.82) is 0 Å². The van der Waals surface area contributed by atoms with Crippen LogP contribution >= 0.6 is 0 Å². The van der Waals surface area contributed by atoms with Crippen LogP contribution in [0.3, 0.4) is 0 Å². The zero-order valence-corrected chi connectivity index (χ0v) is 13.7. The number of benzene rings is 1. The van der Waals surface area contributed by atoms with Gasteiger partial charge in [0.25, 0.3) is 5.91 Å². The van der Waals surface area contributed by atoms with Gasteiger partial charge in [0.1, 0.15) is 18.1 Å². The molecule has 3 N–H and O–H groups in total. The van der Waals surface area contributed by atoms with Gasteiger partial charge in [-0.25, -0.2) is 0 Å². The minimum absolute atomic E-state index is 0.0382. The van der Waals surface area contributed by atoms with E-state index in [-0.39, 0.29) is 30.4 Å². The second-order valence-electron chi connectivity index (χ2n) is 5.59. The number of carbonyl (C=O) groups is 2. The number of phenolic OH excluding ortho intramolecular Hbond substituents is 1. The summed E-state index contributed by atoms with van der Waals surface area (Å²) in [5, 5.41) is 22.8. The number of methoxy groups -OCH3 is 2. The maximum Gasteiger partial charge on any atom is 0.255 e. The molecule has 0 bridgehead atoms. The first-order chi connectivity index (χ1) is 11.5. The lowest BCUT2D eigenvalue weighted by Gasteiger charge is -2.36. The Morgan fingerprint density at radius 3 is 2.71 bits per heavy atom. The molecule has 2 amide bonds. The third-order valence-electron chi connectivity index (χ3n) is 3.97. The van der Waals surface area contributed by atoms with Gasteiger partial charge in [-0.1, -0.05) is 0 Å². The first-order valence-corrected chi connectivity index (χ1v) is 7.59. The van der Waals surface area contributed by atoms with Crippen molar-refractivity contribution in [2.75, 3.05) is 33.9 Å². The number of nitrogens with one attached hydrogen (secondary N) is 1. The topological polar surface area (TPSA) is 108 Å². The summed E-state index contributed by atoms with van der Waals surface area (Å²) < 4.78 is 9.76. The zero-order chi connectivity index (χ0) is 17.7. The Balaban J connectivity index is 1.97. The highest BCUT2D eigenvalue weighted by molar-refractivity contribution is 5.97. The average molecular weight is 338 g/mol. The molecule has 2 atom stereocenters. The Morgan fingerprint density at radius 1 is 1.38 bits per heavy atom. The van der Waals surface area contributed by atoms with Gasteiger partial charge in [-0.3, -0.25) is 9.59 Å². The van der Waals surface area contributed by atoms with Crippen LogP contribution < -0.4 is 10.1 Å². The van der Waals surface area contributed by atoms with E-state index in [1.54, 1.807) is 6.07 Å². The summed E-state index contributed by atoms with van der Waals surface area (Å²) in [5.41, 5.74) is 0.0980. The molecule has 1 aliphatic rings. The second kappa shape index (κ2) is 7.98. The summed E-state index contributed by atoms with van der Waals surface area (Å²) in [6.45, 7) is 0.504. The van der Waals surface area contributed by atoms with Crippen LogP contribution in [0.25, 0.3) is 0 Å². The second-order valence-corrected chi connectivity index (χ2v) is 5.59. The van der Waals surface area contributed by atoms with Gasteiger partial charge < -0.3 is 29.9 Å². The van der Waals surface area contributed by atoms with E-state index in [0.717, 1.165) is 0 Å². The van der Waals surface area contributed by atoms with Crippen molar-refractivity contribution in [2.45, 2.75) is 18.6 Å². The van der Waals surface area contributed by atoms with E-state index in [1.165, 1.54) is 31.3 Å². The van der Waals surface area contributed by atoms with Crippen molar-refractivity contribution in [1.82, 2.24) is 10.2 Å². The van der Waals surface area contributed by atoms with Crippen LogP contribution in [0.5, 0.6) is 11.5 Å². The summed E-state index contributed by atoms with van der Waals surface area (Å²) in [6, 6.07) is 3.87. The van der Waals surface area contributed by atoms with Crippen molar-refractivity contribution in [3.05, 3.63) is 23.8 Å². The molecule has 0 spiro atoms. The number of rotatable bonds is 5. The molecule has 0 aliphatic carbocycles.